The fourth-order valence-corrected chi connectivity index (χ4v) is 1.72. The molecule has 1 aliphatic heterocycles. The Bertz CT molecular complexity index is 356. The van der Waals surface area contributed by atoms with Crippen molar-refractivity contribution >= 4 is 5.78 Å². The van der Waals surface area contributed by atoms with E-state index >= 15 is 0 Å². The van der Waals surface area contributed by atoms with E-state index in [9.17, 15) is 4.79 Å². The highest BCUT2D eigenvalue weighted by Gasteiger charge is 2.28. The Labute approximate surface area is 88.9 Å². The molecule has 0 amide bonds. The molecule has 1 aliphatic rings. The normalized spacial score (nSPS) is 18.5. The van der Waals surface area contributed by atoms with Crippen LogP contribution < -0.4 is 5.32 Å². The van der Waals surface area contributed by atoms with Crippen LogP contribution in [0.15, 0.2) is 6.33 Å². The summed E-state index contributed by atoms with van der Waals surface area (Å²) in [6, 6.07) is 0. The molecule has 1 unspecified atom stereocenters. The largest absolute Gasteiger partial charge is 0.316 e. The number of carbonyl (C=O) groups is 1. The van der Waals surface area contributed by atoms with E-state index in [-0.39, 0.29) is 11.7 Å². The molecular weight excluding hydrogens is 192 g/mol. The summed E-state index contributed by atoms with van der Waals surface area (Å²) >= 11 is 0. The van der Waals surface area contributed by atoms with E-state index in [2.05, 4.69) is 15.4 Å². The average molecular weight is 208 g/mol. The Morgan fingerprint density at radius 1 is 1.73 bits per heavy atom. The standard InChI is InChI=1S/C10H16N4O/c1-7(8-4-11-5-8)9(15)3-10-12-6-13-14(10)2/h6-8,11H,3-5H2,1-2H3. The summed E-state index contributed by atoms with van der Waals surface area (Å²) in [6.45, 7) is 3.93. The molecule has 15 heavy (non-hydrogen) atoms. The fraction of sp³-hybridized carbons (Fsp3) is 0.700. The van der Waals surface area contributed by atoms with Crippen LogP contribution in [0.2, 0.25) is 0 Å². The van der Waals surface area contributed by atoms with Crippen molar-refractivity contribution in [2.45, 2.75) is 13.3 Å². The first-order valence-electron chi connectivity index (χ1n) is 5.25. The molecule has 5 heteroatoms. The molecule has 82 valence electrons. The van der Waals surface area contributed by atoms with E-state index in [0.717, 1.165) is 18.9 Å². The summed E-state index contributed by atoms with van der Waals surface area (Å²) in [5, 5.41) is 7.13. The zero-order chi connectivity index (χ0) is 10.8. The smallest absolute Gasteiger partial charge is 0.143 e. The number of Topliss-reactive ketones (excluding diaryl/α,β-unsaturated/α-hetero) is 1. The lowest BCUT2D eigenvalue weighted by atomic mass is 9.85. The number of hydrogen-bond acceptors (Lipinski definition) is 4. The monoisotopic (exact) mass is 208 g/mol. The maximum Gasteiger partial charge on any atom is 0.143 e. The van der Waals surface area contributed by atoms with Crippen LogP contribution in [-0.4, -0.2) is 33.6 Å². The van der Waals surface area contributed by atoms with E-state index in [1.54, 1.807) is 4.68 Å². The van der Waals surface area contributed by atoms with Gasteiger partial charge in [-0.15, -0.1) is 0 Å². The van der Waals surface area contributed by atoms with Crippen LogP contribution in [0, 0.1) is 11.8 Å². The third-order valence-electron chi connectivity index (χ3n) is 3.17. The number of hydrogen-bond donors (Lipinski definition) is 1. The number of nitrogens with zero attached hydrogens (tertiary/aromatic N) is 3. The van der Waals surface area contributed by atoms with Gasteiger partial charge in [0.05, 0.1) is 6.42 Å². The Morgan fingerprint density at radius 3 is 2.93 bits per heavy atom. The highest BCUT2D eigenvalue weighted by atomic mass is 16.1. The van der Waals surface area contributed by atoms with Crippen molar-refractivity contribution in [3.05, 3.63) is 12.2 Å². The van der Waals surface area contributed by atoms with Gasteiger partial charge in [0.25, 0.3) is 0 Å². The van der Waals surface area contributed by atoms with E-state index in [1.807, 2.05) is 14.0 Å². The number of nitrogens with one attached hydrogen (secondary N) is 1. The summed E-state index contributed by atoms with van der Waals surface area (Å²) in [5.41, 5.74) is 0. The minimum atomic E-state index is 0.128. The molecule has 1 atom stereocenters. The number of rotatable bonds is 4. The van der Waals surface area contributed by atoms with Gasteiger partial charge in [-0.2, -0.15) is 5.10 Å². The minimum Gasteiger partial charge on any atom is -0.316 e. The first-order chi connectivity index (χ1) is 7.18. The van der Waals surface area contributed by atoms with Crippen molar-refractivity contribution in [1.82, 2.24) is 20.1 Å². The first-order valence-corrected chi connectivity index (χ1v) is 5.25. The molecule has 1 fully saturated rings. The zero-order valence-electron chi connectivity index (χ0n) is 9.10. The van der Waals surface area contributed by atoms with Crippen LogP contribution in [0.1, 0.15) is 12.7 Å². The minimum absolute atomic E-state index is 0.128. The highest BCUT2D eigenvalue weighted by molar-refractivity contribution is 5.82. The fourth-order valence-electron chi connectivity index (χ4n) is 1.72. The molecular formula is C10H16N4O. The third kappa shape index (κ3) is 2.07. The molecule has 0 bridgehead atoms. The van der Waals surface area contributed by atoms with Gasteiger partial charge in [0.1, 0.15) is 17.9 Å². The summed E-state index contributed by atoms with van der Waals surface area (Å²) in [5.74, 6) is 1.64. The Morgan fingerprint density at radius 2 is 2.47 bits per heavy atom. The van der Waals surface area contributed by atoms with Crippen LogP contribution in [0.3, 0.4) is 0 Å². The molecule has 1 N–H and O–H groups in total. The first kappa shape index (κ1) is 10.3. The van der Waals surface area contributed by atoms with Crippen LogP contribution in [-0.2, 0) is 18.3 Å². The van der Waals surface area contributed by atoms with Gasteiger partial charge in [0, 0.05) is 13.0 Å². The van der Waals surface area contributed by atoms with Crippen molar-refractivity contribution < 1.29 is 4.79 Å². The molecule has 0 radical (unpaired) electrons. The molecule has 0 spiro atoms. The Balaban J connectivity index is 1.94. The van der Waals surface area contributed by atoms with Crippen molar-refractivity contribution in [3.8, 4) is 0 Å². The van der Waals surface area contributed by atoms with Crippen molar-refractivity contribution in [2.75, 3.05) is 13.1 Å². The van der Waals surface area contributed by atoms with E-state index in [0.29, 0.717) is 12.3 Å². The molecule has 0 aliphatic carbocycles. The molecule has 2 rings (SSSR count). The quantitative estimate of drug-likeness (QED) is 0.743. The average Bonchev–Trinajstić information content (AvgIpc) is 2.49. The highest BCUT2D eigenvalue weighted by Crippen LogP contribution is 2.18. The van der Waals surface area contributed by atoms with Gasteiger partial charge in [-0.05, 0) is 19.0 Å². The second-order valence-electron chi connectivity index (χ2n) is 4.15. The maximum atomic E-state index is 11.9. The lowest BCUT2D eigenvalue weighted by Gasteiger charge is -2.31. The molecule has 1 aromatic rings. The zero-order valence-corrected chi connectivity index (χ0v) is 9.10. The Hall–Kier alpha value is -1.23. The molecule has 1 saturated heterocycles. The van der Waals surface area contributed by atoms with Gasteiger partial charge < -0.3 is 5.32 Å². The molecule has 2 heterocycles. The Kier molecular flexibility index (Phi) is 2.81. The van der Waals surface area contributed by atoms with Gasteiger partial charge in [0.2, 0.25) is 0 Å². The number of aromatic nitrogens is 3. The van der Waals surface area contributed by atoms with Crippen molar-refractivity contribution in [3.63, 3.8) is 0 Å². The summed E-state index contributed by atoms with van der Waals surface area (Å²) in [7, 11) is 1.81. The maximum absolute atomic E-state index is 11.9. The van der Waals surface area contributed by atoms with Crippen LogP contribution >= 0.6 is 0 Å². The third-order valence-corrected chi connectivity index (χ3v) is 3.17. The van der Waals surface area contributed by atoms with Crippen LogP contribution in [0.4, 0.5) is 0 Å². The summed E-state index contributed by atoms with van der Waals surface area (Å²) < 4.78 is 1.66. The SMILES string of the molecule is CC(C(=O)Cc1ncnn1C)C1CNC1. The topological polar surface area (TPSA) is 59.8 Å². The summed E-state index contributed by atoms with van der Waals surface area (Å²) in [6.07, 6.45) is 1.88. The lowest BCUT2D eigenvalue weighted by molar-refractivity contribution is -0.124. The number of ketones is 1. The van der Waals surface area contributed by atoms with Gasteiger partial charge >= 0.3 is 0 Å². The van der Waals surface area contributed by atoms with E-state index in [1.165, 1.54) is 6.33 Å². The molecule has 0 aromatic carbocycles. The molecule has 0 saturated carbocycles. The van der Waals surface area contributed by atoms with Crippen molar-refractivity contribution in [1.29, 1.82) is 0 Å². The predicted molar refractivity (Wildman–Crippen MR) is 55.2 cm³/mol. The van der Waals surface area contributed by atoms with Gasteiger partial charge in [0.15, 0.2) is 0 Å². The second kappa shape index (κ2) is 4.10. The van der Waals surface area contributed by atoms with Gasteiger partial charge in [-0.1, -0.05) is 6.92 Å². The molecule has 5 nitrogen and oxygen atoms in total. The van der Waals surface area contributed by atoms with E-state index in [4.69, 9.17) is 0 Å². The number of aryl methyl sites for hydroxylation is 1. The van der Waals surface area contributed by atoms with Crippen LogP contribution in [0.5, 0.6) is 0 Å². The van der Waals surface area contributed by atoms with Gasteiger partial charge in [-0.3, -0.25) is 9.48 Å². The summed E-state index contributed by atoms with van der Waals surface area (Å²) in [4.78, 5) is 15.9. The lowest BCUT2D eigenvalue weighted by Crippen LogP contribution is -2.47. The second-order valence-corrected chi connectivity index (χ2v) is 4.15. The van der Waals surface area contributed by atoms with Gasteiger partial charge in [-0.25, -0.2) is 4.98 Å². The molecule has 1 aromatic heterocycles. The van der Waals surface area contributed by atoms with E-state index < -0.39 is 0 Å². The predicted octanol–water partition coefficient (Wildman–Crippen LogP) is -0.218. The van der Waals surface area contributed by atoms with Crippen LogP contribution in [0.25, 0.3) is 0 Å². The number of carbonyl (C=O) groups excluding carboxylic acids is 1. The van der Waals surface area contributed by atoms with Crippen molar-refractivity contribution in [2.24, 2.45) is 18.9 Å².